The van der Waals surface area contributed by atoms with Gasteiger partial charge in [0.15, 0.2) is 0 Å². The molecule has 0 aromatic heterocycles. The molecular formula is C10H11O3S-. The monoisotopic (exact) mass is 211 g/mol. The van der Waals surface area contributed by atoms with E-state index in [2.05, 4.69) is 6.58 Å². The standard InChI is InChI=1S/C10H12O3S/c1-3-4-9-6-5-8(2)7-10(9)14(11,12)13/h3,5-7H,1,4H2,2H3,(H,11,12,13)/p-1. The van der Waals surface area contributed by atoms with Gasteiger partial charge in [-0.15, -0.1) is 6.58 Å². The molecule has 0 bridgehead atoms. The second-order valence-corrected chi connectivity index (χ2v) is 4.41. The minimum absolute atomic E-state index is 0.141. The number of hydrogen-bond donors (Lipinski definition) is 0. The van der Waals surface area contributed by atoms with E-state index in [1.807, 2.05) is 0 Å². The largest absolute Gasteiger partial charge is 0.744 e. The fourth-order valence-electron chi connectivity index (χ4n) is 1.22. The van der Waals surface area contributed by atoms with Crippen molar-refractivity contribution < 1.29 is 13.0 Å². The van der Waals surface area contributed by atoms with E-state index in [4.69, 9.17) is 0 Å². The molecule has 0 fully saturated rings. The molecule has 0 atom stereocenters. The van der Waals surface area contributed by atoms with Gasteiger partial charge in [0, 0.05) is 0 Å². The Hall–Kier alpha value is -1.13. The molecule has 0 aliphatic carbocycles. The van der Waals surface area contributed by atoms with Gasteiger partial charge >= 0.3 is 0 Å². The first-order valence-corrected chi connectivity index (χ1v) is 5.52. The summed E-state index contributed by atoms with van der Waals surface area (Å²) in [5.41, 5.74) is 1.26. The number of rotatable bonds is 3. The average molecular weight is 211 g/mol. The van der Waals surface area contributed by atoms with Crippen molar-refractivity contribution in [3.8, 4) is 0 Å². The van der Waals surface area contributed by atoms with Crippen molar-refractivity contribution in [3.63, 3.8) is 0 Å². The van der Waals surface area contributed by atoms with Crippen LogP contribution in [-0.4, -0.2) is 13.0 Å². The Kier molecular flexibility index (Phi) is 3.08. The van der Waals surface area contributed by atoms with Crippen molar-refractivity contribution in [2.75, 3.05) is 0 Å². The zero-order valence-corrected chi connectivity index (χ0v) is 8.67. The normalized spacial score (nSPS) is 11.3. The lowest BCUT2D eigenvalue weighted by molar-refractivity contribution is 0.462. The van der Waals surface area contributed by atoms with Gasteiger partial charge in [0.25, 0.3) is 0 Å². The third-order valence-electron chi connectivity index (χ3n) is 1.86. The van der Waals surface area contributed by atoms with Crippen LogP contribution < -0.4 is 0 Å². The molecule has 1 rings (SSSR count). The van der Waals surface area contributed by atoms with Crippen LogP contribution >= 0.6 is 0 Å². The highest BCUT2D eigenvalue weighted by Crippen LogP contribution is 2.17. The first kappa shape index (κ1) is 10.9. The van der Waals surface area contributed by atoms with Crippen molar-refractivity contribution in [3.05, 3.63) is 42.0 Å². The average Bonchev–Trinajstić information content (AvgIpc) is 2.07. The summed E-state index contributed by atoms with van der Waals surface area (Å²) in [5.74, 6) is 0. The van der Waals surface area contributed by atoms with Crippen LogP contribution in [-0.2, 0) is 16.5 Å². The predicted molar refractivity (Wildman–Crippen MR) is 53.0 cm³/mol. The summed E-state index contributed by atoms with van der Waals surface area (Å²) in [6, 6.07) is 4.80. The number of benzene rings is 1. The molecule has 14 heavy (non-hydrogen) atoms. The van der Waals surface area contributed by atoms with Crippen molar-refractivity contribution in [1.82, 2.24) is 0 Å². The summed E-state index contributed by atoms with van der Waals surface area (Å²) in [6.07, 6.45) is 1.95. The van der Waals surface area contributed by atoms with Gasteiger partial charge in [-0.1, -0.05) is 18.2 Å². The number of hydrogen-bond acceptors (Lipinski definition) is 3. The summed E-state index contributed by atoms with van der Waals surface area (Å²) in [6.45, 7) is 5.25. The Morgan fingerprint density at radius 3 is 2.64 bits per heavy atom. The first-order chi connectivity index (χ1) is 6.45. The Labute approximate surface area is 83.8 Å². The van der Waals surface area contributed by atoms with Gasteiger partial charge in [-0.2, -0.15) is 0 Å². The van der Waals surface area contributed by atoms with Crippen LogP contribution in [0.4, 0.5) is 0 Å². The lowest BCUT2D eigenvalue weighted by atomic mass is 10.1. The van der Waals surface area contributed by atoms with Gasteiger partial charge in [-0.3, -0.25) is 0 Å². The molecule has 3 nitrogen and oxygen atoms in total. The van der Waals surface area contributed by atoms with Crippen LogP contribution in [0.5, 0.6) is 0 Å². The van der Waals surface area contributed by atoms with Gasteiger partial charge in [0.05, 0.1) is 4.90 Å². The smallest absolute Gasteiger partial charge is 0.124 e. The van der Waals surface area contributed by atoms with Crippen LogP contribution in [0.1, 0.15) is 11.1 Å². The Balaban J connectivity index is 3.37. The highest BCUT2D eigenvalue weighted by Gasteiger charge is 2.07. The molecule has 4 heteroatoms. The van der Waals surface area contributed by atoms with Crippen molar-refractivity contribution in [1.29, 1.82) is 0 Å². The zero-order chi connectivity index (χ0) is 10.8. The molecule has 76 valence electrons. The predicted octanol–water partition coefficient (Wildman–Crippen LogP) is 1.63. The summed E-state index contributed by atoms with van der Waals surface area (Å²) in [7, 11) is -4.38. The van der Waals surface area contributed by atoms with E-state index < -0.39 is 10.1 Å². The lowest BCUT2D eigenvalue weighted by Crippen LogP contribution is -2.03. The van der Waals surface area contributed by atoms with Crippen LogP contribution in [0.2, 0.25) is 0 Å². The third-order valence-corrected chi connectivity index (χ3v) is 2.77. The third kappa shape index (κ3) is 2.43. The van der Waals surface area contributed by atoms with E-state index in [-0.39, 0.29) is 4.90 Å². The molecule has 0 N–H and O–H groups in total. The maximum absolute atomic E-state index is 10.9. The molecule has 0 unspecified atom stereocenters. The van der Waals surface area contributed by atoms with Crippen molar-refractivity contribution >= 4 is 10.1 Å². The van der Waals surface area contributed by atoms with Crippen LogP contribution in [0.3, 0.4) is 0 Å². The maximum atomic E-state index is 10.9. The number of aryl methyl sites for hydroxylation is 1. The van der Waals surface area contributed by atoms with E-state index in [0.29, 0.717) is 12.0 Å². The minimum atomic E-state index is -4.38. The maximum Gasteiger partial charge on any atom is 0.124 e. The van der Waals surface area contributed by atoms with Gasteiger partial charge in [0.2, 0.25) is 0 Å². The van der Waals surface area contributed by atoms with E-state index in [9.17, 15) is 13.0 Å². The van der Waals surface area contributed by atoms with E-state index >= 15 is 0 Å². The number of allylic oxidation sites excluding steroid dienone is 1. The molecule has 0 spiro atoms. The minimum Gasteiger partial charge on any atom is -0.744 e. The molecule has 0 aliphatic rings. The quantitative estimate of drug-likeness (QED) is 0.564. The molecule has 1 aromatic carbocycles. The highest BCUT2D eigenvalue weighted by atomic mass is 32.2. The summed E-state index contributed by atoms with van der Waals surface area (Å²) in [4.78, 5) is -0.141. The molecule has 0 radical (unpaired) electrons. The van der Waals surface area contributed by atoms with Crippen LogP contribution in [0, 0.1) is 6.92 Å². The second-order valence-electron chi connectivity index (χ2n) is 3.06. The van der Waals surface area contributed by atoms with E-state index in [1.165, 1.54) is 6.07 Å². The fraction of sp³-hybridized carbons (Fsp3) is 0.200. The van der Waals surface area contributed by atoms with Gasteiger partial charge in [-0.05, 0) is 30.5 Å². The van der Waals surface area contributed by atoms with Gasteiger partial charge in [-0.25, -0.2) is 8.42 Å². The zero-order valence-electron chi connectivity index (χ0n) is 7.86. The van der Waals surface area contributed by atoms with Crippen LogP contribution in [0.15, 0.2) is 35.7 Å². The van der Waals surface area contributed by atoms with Gasteiger partial charge in [0.1, 0.15) is 10.1 Å². The SMILES string of the molecule is C=CCc1ccc(C)cc1S(=O)(=O)[O-]. The second kappa shape index (κ2) is 3.94. The summed E-state index contributed by atoms with van der Waals surface area (Å²) >= 11 is 0. The molecule has 1 aromatic rings. The lowest BCUT2D eigenvalue weighted by Gasteiger charge is -2.12. The van der Waals surface area contributed by atoms with Crippen molar-refractivity contribution in [2.45, 2.75) is 18.2 Å². The summed E-state index contributed by atoms with van der Waals surface area (Å²) in [5, 5.41) is 0. The molecule has 0 heterocycles. The molecule has 0 saturated carbocycles. The van der Waals surface area contributed by atoms with E-state index in [0.717, 1.165) is 5.56 Å². The Bertz CT molecular complexity index is 446. The molecule has 0 saturated heterocycles. The fourth-order valence-corrected chi connectivity index (χ4v) is 2.02. The highest BCUT2D eigenvalue weighted by molar-refractivity contribution is 7.85. The van der Waals surface area contributed by atoms with E-state index in [1.54, 1.807) is 25.1 Å². The Morgan fingerprint density at radius 2 is 2.14 bits per heavy atom. The summed E-state index contributed by atoms with van der Waals surface area (Å²) < 4.78 is 32.7. The van der Waals surface area contributed by atoms with Crippen molar-refractivity contribution in [2.24, 2.45) is 0 Å². The topological polar surface area (TPSA) is 57.2 Å². The molecule has 0 aliphatic heterocycles. The van der Waals surface area contributed by atoms with Gasteiger partial charge < -0.3 is 4.55 Å². The Morgan fingerprint density at radius 1 is 1.50 bits per heavy atom. The first-order valence-electron chi connectivity index (χ1n) is 4.11. The molecular weight excluding hydrogens is 200 g/mol. The molecule has 0 amide bonds. The van der Waals surface area contributed by atoms with Crippen LogP contribution in [0.25, 0.3) is 0 Å².